The quantitative estimate of drug-likeness (QED) is 0.624. The number of fused-ring (bicyclic) bond motifs is 2. The van der Waals surface area contributed by atoms with Gasteiger partial charge in [-0.2, -0.15) is 0 Å². The number of carbonyl (C=O) groups excluding carboxylic acids is 1. The molecule has 0 aliphatic carbocycles. The number of para-hydroxylation sites is 2. The smallest absolute Gasteiger partial charge is 0.329 e. The summed E-state index contributed by atoms with van der Waals surface area (Å²) in [6.45, 7) is 5.45. The Bertz CT molecular complexity index is 1070. The minimum Gasteiger partial charge on any atom is -0.352 e. The van der Waals surface area contributed by atoms with Gasteiger partial charge >= 0.3 is 5.69 Å². The van der Waals surface area contributed by atoms with Crippen LogP contribution >= 0.6 is 12.4 Å². The van der Waals surface area contributed by atoms with Crippen molar-refractivity contribution in [3.05, 3.63) is 69.6 Å². The third kappa shape index (κ3) is 4.38. The summed E-state index contributed by atoms with van der Waals surface area (Å²) in [5.41, 5.74) is 5.52. The van der Waals surface area contributed by atoms with E-state index in [1.54, 1.807) is 9.13 Å². The van der Waals surface area contributed by atoms with Crippen LogP contribution in [0.2, 0.25) is 0 Å². The standard InChI is InChI=1S/C22H26N4O2.ClH/c1-2-10-25-19-5-3-4-6-20(19)26(22(25)28)11-9-21(27)24-13-16-7-8-17-14-23-15-18(17)12-16;/h3-8,12,23H,2,9-11,13-15H2,1H3,(H,24,27);1H. The van der Waals surface area contributed by atoms with Crippen molar-refractivity contribution in [3.63, 3.8) is 0 Å². The van der Waals surface area contributed by atoms with Gasteiger partial charge in [-0.3, -0.25) is 13.9 Å². The summed E-state index contributed by atoms with van der Waals surface area (Å²) in [5, 5.41) is 6.31. The van der Waals surface area contributed by atoms with Gasteiger partial charge in [-0.25, -0.2) is 4.79 Å². The van der Waals surface area contributed by atoms with Gasteiger partial charge in [-0.1, -0.05) is 37.3 Å². The Balaban J connectivity index is 0.00000240. The lowest BCUT2D eigenvalue weighted by Gasteiger charge is -2.08. The van der Waals surface area contributed by atoms with Gasteiger partial charge in [0, 0.05) is 39.1 Å². The van der Waals surface area contributed by atoms with Gasteiger partial charge in [0.2, 0.25) is 5.91 Å². The average molecular weight is 415 g/mol. The number of halogens is 1. The van der Waals surface area contributed by atoms with E-state index in [1.807, 2.05) is 24.3 Å². The Kier molecular flexibility index (Phi) is 6.77. The zero-order valence-electron chi connectivity index (χ0n) is 16.6. The zero-order valence-corrected chi connectivity index (χ0v) is 17.4. The van der Waals surface area contributed by atoms with E-state index in [-0.39, 0.29) is 30.4 Å². The molecule has 0 unspecified atom stereocenters. The van der Waals surface area contributed by atoms with Crippen molar-refractivity contribution in [3.8, 4) is 0 Å². The van der Waals surface area contributed by atoms with Crippen LogP contribution in [0.3, 0.4) is 0 Å². The van der Waals surface area contributed by atoms with Gasteiger partial charge in [-0.15, -0.1) is 12.4 Å². The molecule has 6 nitrogen and oxygen atoms in total. The lowest BCUT2D eigenvalue weighted by molar-refractivity contribution is -0.121. The molecule has 1 amide bonds. The van der Waals surface area contributed by atoms with E-state index in [9.17, 15) is 9.59 Å². The normalized spacial score (nSPS) is 12.6. The summed E-state index contributed by atoms with van der Waals surface area (Å²) in [6.07, 6.45) is 1.18. The van der Waals surface area contributed by atoms with Crippen LogP contribution in [0.4, 0.5) is 0 Å². The molecule has 0 bridgehead atoms. The molecule has 0 saturated carbocycles. The molecule has 154 valence electrons. The van der Waals surface area contributed by atoms with Gasteiger partial charge in [-0.05, 0) is 35.2 Å². The highest BCUT2D eigenvalue weighted by Crippen LogP contribution is 2.17. The lowest BCUT2D eigenvalue weighted by atomic mass is 10.1. The fraction of sp³-hybridized carbons (Fsp3) is 0.364. The third-order valence-electron chi connectivity index (χ3n) is 5.33. The van der Waals surface area contributed by atoms with Crippen molar-refractivity contribution in [2.75, 3.05) is 0 Å². The molecule has 7 heteroatoms. The van der Waals surface area contributed by atoms with E-state index in [0.29, 0.717) is 19.6 Å². The predicted octanol–water partition coefficient (Wildman–Crippen LogP) is 2.94. The SMILES string of the molecule is CCCn1c(=O)n(CCC(=O)NCc2ccc3c(c2)CNC3)c2ccccc21.Cl. The Labute approximate surface area is 176 Å². The summed E-state index contributed by atoms with van der Waals surface area (Å²) in [6, 6.07) is 14.1. The first-order chi connectivity index (χ1) is 13.7. The number of benzene rings is 2. The van der Waals surface area contributed by atoms with Crippen LogP contribution in [0.5, 0.6) is 0 Å². The Morgan fingerprint density at radius 2 is 1.72 bits per heavy atom. The second kappa shape index (κ2) is 9.29. The summed E-state index contributed by atoms with van der Waals surface area (Å²) >= 11 is 0. The second-order valence-electron chi connectivity index (χ2n) is 7.31. The number of aryl methyl sites for hydroxylation is 2. The molecular formula is C22H27ClN4O2. The van der Waals surface area contributed by atoms with Crippen molar-refractivity contribution < 1.29 is 4.79 Å². The molecule has 1 aliphatic rings. The van der Waals surface area contributed by atoms with E-state index in [4.69, 9.17) is 0 Å². The van der Waals surface area contributed by atoms with Gasteiger partial charge < -0.3 is 10.6 Å². The van der Waals surface area contributed by atoms with Crippen LogP contribution in [-0.2, 0) is 37.5 Å². The zero-order chi connectivity index (χ0) is 19.5. The van der Waals surface area contributed by atoms with E-state index < -0.39 is 0 Å². The first-order valence-corrected chi connectivity index (χ1v) is 9.93. The molecule has 0 fully saturated rings. The molecule has 2 heterocycles. The van der Waals surface area contributed by atoms with Crippen molar-refractivity contribution >= 4 is 29.3 Å². The molecule has 0 radical (unpaired) electrons. The molecule has 3 aromatic rings. The molecule has 1 aromatic heterocycles. The van der Waals surface area contributed by atoms with Gasteiger partial charge in [0.05, 0.1) is 11.0 Å². The molecule has 2 aromatic carbocycles. The third-order valence-corrected chi connectivity index (χ3v) is 5.33. The Hall–Kier alpha value is -2.57. The predicted molar refractivity (Wildman–Crippen MR) is 117 cm³/mol. The Morgan fingerprint density at radius 3 is 2.45 bits per heavy atom. The summed E-state index contributed by atoms with van der Waals surface area (Å²) in [7, 11) is 0. The maximum atomic E-state index is 12.8. The number of rotatable bonds is 7. The molecule has 0 atom stereocenters. The number of amides is 1. The van der Waals surface area contributed by atoms with Gasteiger partial charge in [0.15, 0.2) is 0 Å². The molecule has 1 aliphatic heterocycles. The minimum absolute atomic E-state index is 0. The topological polar surface area (TPSA) is 68.1 Å². The van der Waals surface area contributed by atoms with Gasteiger partial charge in [0.1, 0.15) is 0 Å². The number of nitrogens with one attached hydrogen (secondary N) is 2. The van der Waals surface area contributed by atoms with Crippen LogP contribution in [-0.4, -0.2) is 15.0 Å². The molecule has 4 rings (SSSR count). The molecule has 2 N–H and O–H groups in total. The molecule has 29 heavy (non-hydrogen) atoms. The molecular weight excluding hydrogens is 388 g/mol. The average Bonchev–Trinajstić information content (AvgIpc) is 3.28. The maximum absolute atomic E-state index is 12.8. The second-order valence-corrected chi connectivity index (χ2v) is 7.31. The van der Waals surface area contributed by atoms with Crippen molar-refractivity contribution in [1.82, 2.24) is 19.8 Å². The van der Waals surface area contributed by atoms with Crippen LogP contribution in [0.15, 0.2) is 47.3 Å². The van der Waals surface area contributed by atoms with Gasteiger partial charge in [0.25, 0.3) is 0 Å². The van der Waals surface area contributed by atoms with Crippen LogP contribution in [0.25, 0.3) is 11.0 Å². The van der Waals surface area contributed by atoms with Crippen LogP contribution in [0, 0.1) is 0 Å². The van der Waals surface area contributed by atoms with Crippen LogP contribution in [0.1, 0.15) is 36.5 Å². The molecule has 0 saturated heterocycles. The van der Waals surface area contributed by atoms with Crippen molar-refractivity contribution in [2.45, 2.75) is 52.5 Å². The van der Waals surface area contributed by atoms with Crippen LogP contribution < -0.4 is 16.3 Å². The minimum atomic E-state index is -0.0437. The fourth-order valence-corrected chi connectivity index (χ4v) is 3.89. The van der Waals surface area contributed by atoms with E-state index in [0.717, 1.165) is 36.1 Å². The largest absolute Gasteiger partial charge is 0.352 e. The monoisotopic (exact) mass is 414 g/mol. The first kappa shape index (κ1) is 21.1. The Morgan fingerprint density at radius 1 is 1.03 bits per heavy atom. The summed E-state index contributed by atoms with van der Waals surface area (Å²) < 4.78 is 3.51. The number of nitrogens with zero attached hydrogens (tertiary/aromatic N) is 2. The fourth-order valence-electron chi connectivity index (χ4n) is 3.89. The number of hydrogen-bond donors (Lipinski definition) is 2. The molecule has 0 spiro atoms. The van der Waals surface area contributed by atoms with Crippen molar-refractivity contribution in [2.24, 2.45) is 0 Å². The number of hydrogen-bond acceptors (Lipinski definition) is 3. The number of imidazole rings is 1. The highest BCUT2D eigenvalue weighted by atomic mass is 35.5. The first-order valence-electron chi connectivity index (χ1n) is 9.93. The lowest BCUT2D eigenvalue weighted by Crippen LogP contribution is -2.28. The highest BCUT2D eigenvalue weighted by molar-refractivity contribution is 5.85. The maximum Gasteiger partial charge on any atom is 0.329 e. The number of aromatic nitrogens is 2. The van der Waals surface area contributed by atoms with E-state index in [1.165, 1.54) is 11.1 Å². The van der Waals surface area contributed by atoms with Crippen molar-refractivity contribution in [1.29, 1.82) is 0 Å². The van der Waals surface area contributed by atoms with E-state index >= 15 is 0 Å². The summed E-state index contributed by atoms with van der Waals surface area (Å²) in [5.74, 6) is -0.0437. The van der Waals surface area contributed by atoms with E-state index in [2.05, 4.69) is 35.8 Å². The summed E-state index contributed by atoms with van der Waals surface area (Å²) in [4.78, 5) is 25.1. The number of carbonyl (C=O) groups is 1. The highest BCUT2D eigenvalue weighted by Gasteiger charge is 2.14.